The predicted molar refractivity (Wildman–Crippen MR) is 79.5 cm³/mol. The van der Waals surface area contributed by atoms with Crippen molar-refractivity contribution in [2.24, 2.45) is 5.92 Å². The van der Waals surface area contributed by atoms with E-state index in [4.69, 9.17) is 4.43 Å². The van der Waals surface area contributed by atoms with Gasteiger partial charge in [0.25, 0.3) is 0 Å². The molecule has 0 radical (unpaired) electrons. The smallest absolute Gasteiger partial charge is 0.184 e. The molecule has 0 fully saturated rings. The lowest BCUT2D eigenvalue weighted by Gasteiger charge is -2.29. The van der Waals surface area contributed by atoms with E-state index in [1.54, 1.807) is 0 Å². The molecule has 0 aromatic carbocycles. The van der Waals surface area contributed by atoms with E-state index in [9.17, 15) is 0 Å². The molecule has 1 nitrogen and oxygen atoms in total. The van der Waals surface area contributed by atoms with Crippen molar-refractivity contribution in [1.29, 1.82) is 0 Å². The monoisotopic (exact) mass is 426 g/mol. The maximum Gasteiger partial charge on any atom is 0.184 e. The third kappa shape index (κ3) is 8.62. The summed E-state index contributed by atoms with van der Waals surface area (Å²) < 4.78 is 6.82. The minimum absolute atomic E-state index is 0.450. The topological polar surface area (TPSA) is 9.23 Å². The predicted octanol–water partition coefficient (Wildman–Crippen LogP) is 4.45. The molecule has 0 aromatic heterocycles. The fraction of sp³-hybridized carbons (Fsp3) is 1.00. The largest absolute Gasteiger partial charge is 0.414 e. The van der Waals surface area contributed by atoms with Crippen LogP contribution in [0, 0.1) is 5.92 Å². The van der Waals surface area contributed by atoms with Crippen molar-refractivity contribution < 1.29 is 4.43 Å². The van der Waals surface area contributed by atoms with Crippen molar-refractivity contribution >= 4 is 53.5 Å². The molecule has 0 bridgehead atoms. The van der Waals surface area contributed by atoms with Crippen LogP contribution in [0.25, 0.3) is 0 Å². The van der Waals surface area contributed by atoms with E-state index in [1.807, 2.05) is 0 Å². The van der Waals surface area contributed by atoms with Gasteiger partial charge in [-0.15, -0.1) is 0 Å². The zero-order valence-corrected chi connectivity index (χ0v) is 14.4. The highest BCUT2D eigenvalue weighted by Gasteiger charge is 2.24. The number of hydrogen-bond acceptors (Lipinski definition) is 1. The second kappa shape index (κ2) is 6.27. The summed E-state index contributed by atoms with van der Waals surface area (Å²) in [5.41, 5.74) is 0. The molecule has 0 aliphatic carbocycles. The Balaban J connectivity index is 4.11. The van der Waals surface area contributed by atoms with Gasteiger partial charge in [-0.05, 0) is 32.0 Å². The fourth-order valence-electron chi connectivity index (χ4n) is 1.09. The molecule has 1 unspecified atom stereocenters. The molecule has 0 spiro atoms. The SMILES string of the molecule is CC(C)C(CC(I)I)O[Si](C)(C)C. The summed E-state index contributed by atoms with van der Waals surface area (Å²) in [4.78, 5) is 0. The molecule has 0 rings (SSSR count). The Morgan fingerprint density at radius 1 is 1.15 bits per heavy atom. The van der Waals surface area contributed by atoms with E-state index in [1.165, 1.54) is 6.42 Å². The molecule has 0 aliphatic rings. The molecular formula is C9H20I2OSi. The molecule has 0 aliphatic heterocycles. The summed E-state index contributed by atoms with van der Waals surface area (Å²) in [6, 6.07) is 0. The Morgan fingerprint density at radius 3 is 1.85 bits per heavy atom. The molecule has 0 aromatic rings. The summed E-state index contributed by atoms with van der Waals surface area (Å²) >= 11 is 4.93. The summed E-state index contributed by atoms with van der Waals surface area (Å²) in [7, 11) is -1.36. The highest BCUT2D eigenvalue weighted by molar-refractivity contribution is 14.2. The highest BCUT2D eigenvalue weighted by Crippen LogP contribution is 2.24. The zero-order chi connectivity index (χ0) is 10.6. The van der Waals surface area contributed by atoms with Crippen LogP contribution in [0.15, 0.2) is 0 Å². The molecule has 1 atom stereocenters. The molecule has 13 heavy (non-hydrogen) atoms. The molecule has 0 saturated heterocycles. The quantitative estimate of drug-likeness (QED) is 0.359. The second-order valence-electron chi connectivity index (χ2n) is 4.64. The highest BCUT2D eigenvalue weighted by atomic mass is 127. The first-order chi connectivity index (χ1) is 5.72. The number of hydrogen-bond donors (Lipinski definition) is 0. The lowest BCUT2D eigenvalue weighted by atomic mass is 10.1. The molecule has 4 heteroatoms. The van der Waals surface area contributed by atoms with Gasteiger partial charge >= 0.3 is 0 Å². The standard InChI is InChI=1S/C9H20I2OSi/c1-7(2)8(6-9(10)11)12-13(3,4)5/h7-9H,6H2,1-5H3. The van der Waals surface area contributed by atoms with Crippen molar-refractivity contribution in [3.05, 3.63) is 0 Å². The van der Waals surface area contributed by atoms with E-state index in [2.05, 4.69) is 78.7 Å². The maximum absolute atomic E-state index is 6.14. The van der Waals surface area contributed by atoms with Gasteiger partial charge in [0.2, 0.25) is 0 Å². The van der Waals surface area contributed by atoms with Gasteiger partial charge in [-0.1, -0.05) is 59.0 Å². The summed E-state index contributed by atoms with van der Waals surface area (Å²) in [6.45, 7) is 11.3. The van der Waals surface area contributed by atoms with Crippen LogP contribution < -0.4 is 0 Å². The molecular weight excluding hydrogens is 406 g/mol. The number of alkyl halides is 2. The average molecular weight is 426 g/mol. The third-order valence-electron chi connectivity index (χ3n) is 1.66. The van der Waals surface area contributed by atoms with Gasteiger partial charge in [0.1, 0.15) is 0 Å². The molecule has 0 N–H and O–H groups in total. The van der Waals surface area contributed by atoms with Gasteiger partial charge in [0.05, 0.1) is 1.93 Å². The van der Waals surface area contributed by atoms with Gasteiger partial charge in [-0.3, -0.25) is 0 Å². The van der Waals surface area contributed by atoms with Crippen LogP contribution in [0.2, 0.25) is 19.6 Å². The Labute approximate surface area is 111 Å². The van der Waals surface area contributed by atoms with Crippen LogP contribution in [0.1, 0.15) is 20.3 Å². The van der Waals surface area contributed by atoms with Crippen LogP contribution in [0.4, 0.5) is 0 Å². The fourth-order valence-corrected chi connectivity index (χ4v) is 3.37. The summed E-state index contributed by atoms with van der Waals surface area (Å²) in [5.74, 6) is 0.638. The normalized spacial score (nSPS) is 15.5. The maximum atomic E-state index is 6.14. The van der Waals surface area contributed by atoms with Crippen LogP contribution in [0.5, 0.6) is 0 Å². The Morgan fingerprint density at radius 2 is 1.62 bits per heavy atom. The van der Waals surface area contributed by atoms with E-state index in [0.29, 0.717) is 14.0 Å². The van der Waals surface area contributed by atoms with E-state index in [0.717, 1.165) is 0 Å². The third-order valence-corrected chi connectivity index (χ3v) is 3.69. The minimum atomic E-state index is -1.36. The zero-order valence-electron chi connectivity index (χ0n) is 9.10. The van der Waals surface area contributed by atoms with Crippen LogP contribution >= 0.6 is 45.2 Å². The van der Waals surface area contributed by atoms with E-state index in [-0.39, 0.29) is 0 Å². The van der Waals surface area contributed by atoms with Gasteiger partial charge < -0.3 is 4.43 Å². The Hall–Kier alpha value is 1.64. The second-order valence-corrected chi connectivity index (χ2v) is 14.5. The number of rotatable bonds is 5. The van der Waals surface area contributed by atoms with Crippen molar-refractivity contribution in [3.63, 3.8) is 0 Å². The Bertz CT molecular complexity index is 143. The first-order valence-electron chi connectivity index (χ1n) is 4.68. The van der Waals surface area contributed by atoms with Crippen molar-refractivity contribution in [2.45, 2.75) is 47.9 Å². The van der Waals surface area contributed by atoms with Crippen molar-refractivity contribution in [3.8, 4) is 0 Å². The summed E-state index contributed by atoms with van der Waals surface area (Å²) in [6.07, 6.45) is 1.62. The number of halogens is 2. The Kier molecular flexibility index (Phi) is 7.06. The molecule has 80 valence electrons. The van der Waals surface area contributed by atoms with E-state index >= 15 is 0 Å². The molecule has 0 saturated carbocycles. The van der Waals surface area contributed by atoms with Gasteiger partial charge in [0, 0.05) is 6.10 Å². The van der Waals surface area contributed by atoms with Gasteiger partial charge in [-0.25, -0.2) is 0 Å². The lowest BCUT2D eigenvalue weighted by molar-refractivity contribution is 0.141. The first kappa shape index (κ1) is 14.6. The van der Waals surface area contributed by atoms with Crippen molar-refractivity contribution in [1.82, 2.24) is 0 Å². The van der Waals surface area contributed by atoms with Crippen molar-refractivity contribution in [2.75, 3.05) is 0 Å². The first-order valence-corrected chi connectivity index (χ1v) is 10.6. The lowest BCUT2D eigenvalue weighted by Crippen LogP contribution is -2.35. The van der Waals surface area contributed by atoms with E-state index < -0.39 is 8.32 Å². The average Bonchev–Trinajstić information content (AvgIpc) is 1.81. The van der Waals surface area contributed by atoms with Crippen LogP contribution in [0.3, 0.4) is 0 Å². The summed E-state index contributed by atoms with van der Waals surface area (Å²) in [5, 5.41) is 0. The molecule has 0 heterocycles. The van der Waals surface area contributed by atoms with Crippen LogP contribution in [-0.4, -0.2) is 16.4 Å². The minimum Gasteiger partial charge on any atom is -0.414 e. The molecule has 0 amide bonds. The van der Waals surface area contributed by atoms with Gasteiger partial charge in [-0.2, -0.15) is 0 Å². The van der Waals surface area contributed by atoms with Crippen LogP contribution in [-0.2, 0) is 4.43 Å². The van der Waals surface area contributed by atoms with Gasteiger partial charge in [0.15, 0.2) is 8.32 Å².